The van der Waals surface area contributed by atoms with Crippen molar-refractivity contribution in [1.29, 1.82) is 0 Å². The smallest absolute Gasteiger partial charge is 0.231 e. The van der Waals surface area contributed by atoms with Gasteiger partial charge < -0.3 is 14.8 Å². The van der Waals surface area contributed by atoms with Crippen molar-refractivity contribution in [2.75, 3.05) is 19.1 Å². The first-order valence-corrected chi connectivity index (χ1v) is 7.66. The first-order chi connectivity index (χ1) is 8.83. The number of rotatable bonds is 4. The van der Waals surface area contributed by atoms with Crippen LogP contribution < -0.4 is 14.8 Å². The monoisotopic (exact) mass is 285 g/mol. The summed E-state index contributed by atoms with van der Waals surface area (Å²) in [6.07, 6.45) is 2.69. The van der Waals surface area contributed by atoms with Crippen LogP contribution in [0.2, 0.25) is 5.02 Å². The van der Waals surface area contributed by atoms with E-state index in [1.54, 1.807) is 0 Å². The first-order valence-electron chi connectivity index (χ1n) is 6.23. The highest BCUT2D eigenvalue weighted by atomic mass is 35.5. The highest BCUT2D eigenvalue weighted by Crippen LogP contribution is 2.39. The van der Waals surface area contributed by atoms with Gasteiger partial charge in [0, 0.05) is 18.3 Å². The lowest BCUT2D eigenvalue weighted by Gasteiger charge is -2.10. The SMILES string of the molecule is Clc1cc(CNCC2CCCS2)cc2c1OCO2. The van der Waals surface area contributed by atoms with Gasteiger partial charge in [0.15, 0.2) is 11.5 Å². The van der Waals surface area contributed by atoms with Crippen LogP contribution >= 0.6 is 23.4 Å². The van der Waals surface area contributed by atoms with Crippen LogP contribution in [0.4, 0.5) is 0 Å². The van der Waals surface area contributed by atoms with E-state index in [9.17, 15) is 0 Å². The van der Waals surface area contributed by atoms with Gasteiger partial charge >= 0.3 is 0 Å². The minimum absolute atomic E-state index is 0.269. The quantitative estimate of drug-likeness (QED) is 0.921. The van der Waals surface area contributed by atoms with E-state index in [0.29, 0.717) is 10.8 Å². The molecule has 1 saturated heterocycles. The Morgan fingerprint density at radius 2 is 2.33 bits per heavy atom. The molecule has 1 N–H and O–H groups in total. The predicted octanol–water partition coefficient (Wildman–Crippen LogP) is 3.05. The Labute approximate surface area is 116 Å². The molecular weight excluding hydrogens is 270 g/mol. The van der Waals surface area contributed by atoms with Crippen LogP contribution in [0.25, 0.3) is 0 Å². The Morgan fingerprint density at radius 3 is 3.17 bits per heavy atom. The molecule has 0 aromatic heterocycles. The highest BCUT2D eigenvalue weighted by Gasteiger charge is 2.18. The lowest BCUT2D eigenvalue weighted by molar-refractivity contribution is 0.174. The second kappa shape index (κ2) is 5.59. The van der Waals surface area contributed by atoms with E-state index in [0.717, 1.165) is 29.7 Å². The van der Waals surface area contributed by atoms with E-state index in [2.05, 4.69) is 17.1 Å². The lowest BCUT2D eigenvalue weighted by Crippen LogP contribution is -2.22. The van der Waals surface area contributed by atoms with Gasteiger partial charge in [0.1, 0.15) is 0 Å². The molecule has 1 aromatic carbocycles. The molecule has 0 amide bonds. The molecular formula is C13H16ClNO2S. The predicted molar refractivity (Wildman–Crippen MR) is 74.8 cm³/mol. The summed E-state index contributed by atoms with van der Waals surface area (Å²) in [5.41, 5.74) is 1.15. The summed E-state index contributed by atoms with van der Waals surface area (Å²) in [6, 6.07) is 3.95. The van der Waals surface area contributed by atoms with Crippen molar-refractivity contribution >= 4 is 23.4 Å². The second-order valence-electron chi connectivity index (χ2n) is 4.58. The minimum atomic E-state index is 0.269. The van der Waals surface area contributed by atoms with Crippen LogP contribution in [0.1, 0.15) is 18.4 Å². The van der Waals surface area contributed by atoms with Crippen LogP contribution in [0.3, 0.4) is 0 Å². The van der Waals surface area contributed by atoms with Crippen molar-refractivity contribution in [2.24, 2.45) is 0 Å². The summed E-state index contributed by atoms with van der Waals surface area (Å²) in [5.74, 6) is 2.74. The van der Waals surface area contributed by atoms with Crippen molar-refractivity contribution in [1.82, 2.24) is 5.32 Å². The number of thioether (sulfide) groups is 1. The van der Waals surface area contributed by atoms with Crippen molar-refractivity contribution in [2.45, 2.75) is 24.6 Å². The molecule has 5 heteroatoms. The average Bonchev–Trinajstić information content (AvgIpc) is 2.99. The third-order valence-electron chi connectivity index (χ3n) is 3.21. The number of hydrogen-bond donors (Lipinski definition) is 1. The molecule has 1 unspecified atom stereocenters. The van der Waals surface area contributed by atoms with Crippen molar-refractivity contribution in [3.05, 3.63) is 22.7 Å². The fourth-order valence-electron chi connectivity index (χ4n) is 2.31. The van der Waals surface area contributed by atoms with E-state index in [1.807, 2.05) is 12.1 Å². The molecule has 0 saturated carbocycles. The summed E-state index contributed by atoms with van der Waals surface area (Å²) >= 11 is 8.21. The van der Waals surface area contributed by atoms with E-state index in [4.69, 9.17) is 21.1 Å². The average molecular weight is 286 g/mol. The van der Waals surface area contributed by atoms with E-state index < -0.39 is 0 Å². The van der Waals surface area contributed by atoms with Gasteiger partial charge in [-0.3, -0.25) is 0 Å². The van der Waals surface area contributed by atoms with Crippen molar-refractivity contribution in [3.8, 4) is 11.5 Å². The Kier molecular flexibility index (Phi) is 3.87. The lowest BCUT2D eigenvalue weighted by atomic mass is 10.2. The van der Waals surface area contributed by atoms with Gasteiger partial charge in [-0.15, -0.1) is 0 Å². The van der Waals surface area contributed by atoms with Gasteiger partial charge in [0.05, 0.1) is 5.02 Å². The Morgan fingerprint density at radius 1 is 1.39 bits per heavy atom. The summed E-state index contributed by atoms with van der Waals surface area (Å²) in [6.45, 7) is 2.16. The van der Waals surface area contributed by atoms with Gasteiger partial charge in [0.25, 0.3) is 0 Å². The zero-order valence-corrected chi connectivity index (χ0v) is 11.6. The first kappa shape index (κ1) is 12.5. The zero-order valence-electron chi connectivity index (χ0n) is 10.1. The van der Waals surface area contributed by atoms with Crippen LogP contribution in [0, 0.1) is 0 Å². The number of halogens is 1. The van der Waals surface area contributed by atoms with Gasteiger partial charge in [-0.2, -0.15) is 11.8 Å². The molecule has 2 aliphatic heterocycles. The van der Waals surface area contributed by atoms with Crippen molar-refractivity contribution in [3.63, 3.8) is 0 Å². The van der Waals surface area contributed by atoms with Crippen molar-refractivity contribution < 1.29 is 9.47 Å². The fourth-order valence-corrected chi connectivity index (χ4v) is 3.83. The Hall–Kier alpha value is -0.580. The van der Waals surface area contributed by atoms with E-state index >= 15 is 0 Å². The summed E-state index contributed by atoms with van der Waals surface area (Å²) in [7, 11) is 0. The summed E-state index contributed by atoms with van der Waals surface area (Å²) in [4.78, 5) is 0. The number of benzene rings is 1. The molecule has 1 aromatic rings. The zero-order chi connectivity index (χ0) is 12.4. The molecule has 2 aliphatic rings. The topological polar surface area (TPSA) is 30.5 Å². The normalized spacial score (nSPS) is 21.5. The summed E-state index contributed by atoms with van der Waals surface area (Å²) in [5, 5.41) is 4.89. The molecule has 0 bridgehead atoms. The summed E-state index contributed by atoms with van der Waals surface area (Å²) < 4.78 is 10.7. The molecule has 18 heavy (non-hydrogen) atoms. The van der Waals surface area contributed by atoms with Crippen LogP contribution in [0.5, 0.6) is 11.5 Å². The van der Waals surface area contributed by atoms with Gasteiger partial charge in [0.2, 0.25) is 6.79 Å². The molecule has 98 valence electrons. The van der Waals surface area contributed by atoms with Crippen LogP contribution in [-0.2, 0) is 6.54 Å². The molecule has 3 rings (SSSR count). The van der Waals surface area contributed by atoms with Gasteiger partial charge in [-0.25, -0.2) is 0 Å². The fraction of sp³-hybridized carbons (Fsp3) is 0.538. The minimum Gasteiger partial charge on any atom is -0.454 e. The molecule has 2 heterocycles. The Balaban J connectivity index is 1.57. The molecule has 0 spiro atoms. The third-order valence-corrected chi connectivity index (χ3v) is 4.89. The number of fused-ring (bicyclic) bond motifs is 1. The third kappa shape index (κ3) is 2.71. The maximum Gasteiger partial charge on any atom is 0.231 e. The van der Waals surface area contributed by atoms with Crippen LogP contribution in [0.15, 0.2) is 12.1 Å². The molecule has 1 atom stereocenters. The molecule has 3 nitrogen and oxygen atoms in total. The standard InChI is InChI=1S/C13H16ClNO2S/c14-11-4-9(5-12-13(11)17-8-16-12)6-15-7-10-2-1-3-18-10/h4-5,10,15H,1-3,6-8H2. The van der Waals surface area contributed by atoms with Gasteiger partial charge in [-0.1, -0.05) is 11.6 Å². The molecule has 1 fully saturated rings. The maximum absolute atomic E-state index is 6.14. The highest BCUT2D eigenvalue weighted by molar-refractivity contribution is 8.00. The second-order valence-corrected chi connectivity index (χ2v) is 6.39. The van der Waals surface area contributed by atoms with E-state index in [1.165, 1.54) is 18.6 Å². The molecule has 0 aliphatic carbocycles. The Bertz CT molecular complexity index is 435. The largest absolute Gasteiger partial charge is 0.454 e. The number of hydrogen-bond acceptors (Lipinski definition) is 4. The molecule has 0 radical (unpaired) electrons. The van der Waals surface area contributed by atoms with E-state index in [-0.39, 0.29) is 6.79 Å². The number of ether oxygens (including phenoxy) is 2. The van der Waals surface area contributed by atoms with Crippen LogP contribution in [-0.4, -0.2) is 24.3 Å². The number of nitrogens with one attached hydrogen (secondary N) is 1. The van der Waals surface area contributed by atoms with Gasteiger partial charge in [-0.05, 0) is 36.3 Å². The maximum atomic E-state index is 6.14.